The molecule has 0 spiro atoms. The highest BCUT2D eigenvalue weighted by Crippen LogP contribution is 1.75. The molecule has 0 saturated heterocycles. The minimum absolute atomic E-state index is 0.745. The standard InChI is InChI=1S/C6H4B3/c7-5-2-1-3-6(4-5)9-8/h1-4H. The van der Waals surface area contributed by atoms with E-state index in [9.17, 15) is 0 Å². The first-order valence-electron chi connectivity index (χ1n) is 2.73. The van der Waals surface area contributed by atoms with Gasteiger partial charge in [-0.15, -0.1) is 0 Å². The van der Waals surface area contributed by atoms with Crippen LogP contribution < -0.4 is 10.9 Å². The minimum Gasteiger partial charge on any atom is -0.0986 e. The number of hydrogen-bond acceptors (Lipinski definition) is 0. The lowest BCUT2D eigenvalue weighted by Gasteiger charge is -1.95. The van der Waals surface area contributed by atoms with Crippen LogP contribution in [0.15, 0.2) is 24.3 Å². The van der Waals surface area contributed by atoms with Crippen LogP contribution in [-0.2, 0) is 0 Å². The zero-order valence-electron chi connectivity index (χ0n) is 5.04. The smallest absolute Gasteiger partial charge is 0.0986 e. The van der Waals surface area contributed by atoms with E-state index in [0.717, 1.165) is 10.9 Å². The summed E-state index contributed by atoms with van der Waals surface area (Å²) in [7, 11) is 12.2. The fourth-order valence-corrected chi connectivity index (χ4v) is 0.663. The molecule has 1 aromatic carbocycles. The Morgan fingerprint density at radius 3 is 2.56 bits per heavy atom. The van der Waals surface area contributed by atoms with Gasteiger partial charge in [0.25, 0.3) is 0 Å². The lowest BCUT2D eigenvalue weighted by molar-refractivity contribution is 1.84. The summed E-state index contributed by atoms with van der Waals surface area (Å²) in [6, 6.07) is 7.41. The normalized spacial score (nSPS) is 8.89. The zero-order chi connectivity index (χ0) is 6.69. The monoisotopic (exact) mass is 109 g/mol. The summed E-state index contributed by atoms with van der Waals surface area (Å²) >= 11 is 0. The van der Waals surface area contributed by atoms with Gasteiger partial charge in [0.1, 0.15) is 7.85 Å². The van der Waals surface area contributed by atoms with E-state index >= 15 is 0 Å². The molecule has 0 N–H and O–H groups in total. The quantitative estimate of drug-likeness (QED) is 0.401. The molecule has 0 saturated carbocycles. The molecule has 1 aromatic rings. The van der Waals surface area contributed by atoms with E-state index in [4.69, 9.17) is 15.6 Å². The van der Waals surface area contributed by atoms with Gasteiger partial charge >= 0.3 is 0 Å². The lowest BCUT2D eigenvalue weighted by atomic mass is 9.51. The Morgan fingerprint density at radius 2 is 2.11 bits per heavy atom. The van der Waals surface area contributed by atoms with Crippen LogP contribution in [0.25, 0.3) is 0 Å². The van der Waals surface area contributed by atoms with Crippen LogP contribution in [-0.4, -0.2) is 22.8 Å². The van der Waals surface area contributed by atoms with Crippen molar-refractivity contribution in [2.75, 3.05) is 0 Å². The summed E-state index contributed by atoms with van der Waals surface area (Å²) in [6.07, 6.45) is 0. The molecule has 0 bridgehead atoms. The van der Waals surface area contributed by atoms with E-state index in [2.05, 4.69) is 0 Å². The van der Waals surface area contributed by atoms with Gasteiger partial charge in [-0.2, -0.15) is 0 Å². The molecular weight excluding hydrogens is 105 g/mol. The third-order valence-electron chi connectivity index (χ3n) is 1.10. The van der Waals surface area contributed by atoms with Crippen LogP contribution >= 0.6 is 0 Å². The van der Waals surface area contributed by atoms with Gasteiger partial charge in [-0.25, -0.2) is 0 Å². The number of rotatable bonds is 1. The van der Waals surface area contributed by atoms with E-state index < -0.39 is 0 Å². The predicted molar refractivity (Wildman–Crippen MR) is 43.0 cm³/mol. The van der Waals surface area contributed by atoms with Crippen molar-refractivity contribution in [3.63, 3.8) is 0 Å². The fourth-order valence-electron chi connectivity index (χ4n) is 0.663. The average Bonchev–Trinajstić information content (AvgIpc) is 1.88. The number of hydrogen-bond donors (Lipinski definition) is 0. The molecule has 0 atom stereocenters. The molecular formula is C6H4B3. The van der Waals surface area contributed by atoms with E-state index in [1.54, 1.807) is 0 Å². The van der Waals surface area contributed by atoms with Gasteiger partial charge in [-0.3, -0.25) is 0 Å². The van der Waals surface area contributed by atoms with E-state index in [-0.39, 0.29) is 0 Å². The molecule has 9 heavy (non-hydrogen) atoms. The first-order valence-corrected chi connectivity index (χ1v) is 2.73. The molecule has 0 fully saturated rings. The summed E-state index contributed by atoms with van der Waals surface area (Å²) in [4.78, 5) is 0. The van der Waals surface area contributed by atoms with Crippen LogP contribution in [0.1, 0.15) is 0 Å². The molecule has 0 aromatic heterocycles. The molecule has 1 rings (SSSR count). The molecule has 3 heteroatoms. The first kappa shape index (κ1) is 6.53. The second-order valence-corrected chi connectivity index (χ2v) is 1.84. The molecule has 0 aliphatic heterocycles. The molecule has 0 unspecified atom stereocenters. The summed E-state index contributed by atoms with van der Waals surface area (Å²) in [5.41, 5.74) is 1.70. The second kappa shape index (κ2) is 2.81. The molecule has 0 nitrogen and oxygen atoms in total. The maximum atomic E-state index is 5.46. The van der Waals surface area contributed by atoms with Crippen LogP contribution in [0.5, 0.6) is 0 Å². The maximum Gasteiger partial charge on any atom is 0.113 e. The van der Waals surface area contributed by atoms with Crippen molar-refractivity contribution < 1.29 is 0 Å². The molecule has 5 radical (unpaired) electrons. The molecule has 0 aliphatic rings. The Morgan fingerprint density at radius 1 is 1.33 bits per heavy atom. The molecule has 0 heterocycles. The van der Waals surface area contributed by atoms with Crippen molar-refractivity contribution in [2.24, 2.45) is 0 Å². The van der Waals surface area contributed by atoms with Crippen molar-refractivity contribution in [3.8, 4) is 0 Å². The summed E-state index contributed by atoms with van der Waals surface area (Å²) in [5.74, 6) is 0. The van der Waals surface area contributed by atoms with Crippen molar-refractivity contribution in [2.45, 2.75) is 0 Å². The van der Waals surface area contributed by atoms with Crippen molar-refractivity contribution in [3.05, 3.63) is 24.3 Å². The number of benzene rings is 1. The van der Waals surface area contributed by atoms with Gasteiger partial charge in [0.2, 0.25) is 0 Å². The van der Waals surface area contributed by atoms with Gasteiger partial charge in [-0.1, -0.05) is 35.2 Å². The lowest BCUT2D eigenvalue weighted by Crippen LogP contribution is -2.19. The van der Waals surface area contributed by atoms with Gasteiger partial charge < -0.3 is 0 Å². The highest BCUT2D eigenvalue weighted by Gasteiger charge is 1.86. The molecule has 0 amide bonds. The van der Waals surface area contributed by atoms with Crippen LogP contribution in [0, 0.1) is 0 Å². The SMILES string of the molecule is [B][B]c1cccc([B])c1. The summed E-state index contributed by atoms with van der Waals surface area (Å²) < 4.78 is 0. The van der Waals surface area contributed by atoms with Crippen LogP contribution in [0.3, 0.4) is 0 Å². The van der Waals surface area contributed by atoms with Crippen LogP contribution in [0.2, 0.25) is 0 Å². The third-order valence-corrected chi connectivity index (χ3v) is 1.10. The van der Waals surface area contributed by atoms with Gasteiger partial charge in [0.05, 0.1) is 7.17 Å². The first-order chi connectivity index (χ1) is 4.33. The van der Waals surface area contributed by atoms with E-state index in [1.165, 1.54) is 7.17 Å². The second-order valence-electron chi connectivity index (χ2n) is 1.84. The largest absolute Gasteiger partial charge is 0.113 e. The zero-order valence-corrected chi connectivity index (χ0v) is 5.04. The van der Waals surface area contributed by atoms with Crippen molar-refractivity contribution in [1.29, 1.82) is 0 Å². The Hall–Kier alpha value is -0.585. The fraction of sp³-hybridized carbons (Fsp3) is 0. The van der Waals surface area contributed by atoms with Crippen molar-refractivity contribution >= 4 is 33.7 Å². The molecule has 0 aliphatic carbocycles. The van der Waals surface area contributed by atoms with Crippen LogP contribution in [0.4, 0.5) is 0 Å². The minimum atomic E-state index is 0.745. The van der Waals surface area contributed by atoms with Gasteiger partial charge in [0, 0.05) is 7.74 Å². The Bertz CT molecular complexity index is 197. The summed E-state index contributed by atoms with van der Waals surface area (Å²) in [5, 5.41) is 0. The Labute approximate surface area is 58.7 Å². The third kappa shape index (κ3) is 1.67. The van der Waals surface area contributed by atoms with Gasteiger partial charge in [0.15, 0.2) is 0 Å². The predicted octanol–water partition coefficient (Wildman–Crippen LogP) is -1.11. The summed E-state index contributed by atoms with van der Waals surface area (Å²) in [6.45, 7) is 0. The van der Waals surface area contributed by atoms with Crippen molar-refractivity contribution in [1.82, 2.24) is 0 Å². The van der Waals surface area contributed by atoms with E-state index in [0.29, 0.717) is 0 Å². The highest BCUT2D eigenvalue weighted by atomic mass is 13.8. The maximum absolute atomic E-state index is 5.46. The topological polar surface area (TPSA) is 0 Å². The van der Waals surface area contributed by atoms with E-state index in [1.807, 2.05) is 24.3 Å². The Kier molecular flexibility index (Phi) is 2.04. The van der Waals surface area contributed by atoms with Gasteiger partial charge in [-0.05, 0) is 0 Å². The highest BCUT2D eigenvalue weighted by molar-refractivity contribution is 6.97. The molecule has 37 valence electrons. The Balaban J connectivity index is 2.94. The average molecular weight is 109 g/mol.